The van der Waals surface area contributed by atoms with Crippen LogP contribution >= 0.6 is 11.6 Å². The second-order valence-electron chi connectivity index (χ2n) is 8.26. The maximum atomic E-state index is 13.3. The zero-order valence-corrected chi connectivity index (χ0v) is 20.2. The van der Waals surface area contributed by atoms with Gasteiger partial charge in [0.15, 0.2) is 0 Å². The number of hydrogen-bond acceptors (Lipinski definition) is 5. The van der Waals surface area contributed by atoms with Crippen molar-refractivity contribution in [3.63, 3.8) is 0 Å². The van der Waals surface area contributed by atoms with E-state index in [2.05, 4.69) is 10.5 Å². The second kappa shape index (κ2) is 9.27. The van der Waals surface area contributed by atoms with Crippen LogP contribution in [0.4, 0.5) is 10.5 Å². The summed E-state index contributed by atoms with van der Waals surface area (Å²) in [6.07, 6.45) is 0. The number of hydrogen-bond donors (Lipinski definition) is 1. The minimum atomic E-state index is -0.475. The van der Waals surface area contributed by atoms with E-state index in [1.54, 1.807) is 30.2 Å². The predicted octanol–water partition coefficient (Wildman–Crippen LogP) is 6.41. The van der Waals surface area contributed by atoms with E-state index >= 15 is 0 Å². The number of carbonyl (C=O) groups excluding carboxylic acids is 1. The van der Waals surface area contributed by atoms with Crippen molar-refractivity contribution < 1.29 is 14.1 Å². The van der Waals surface area contributed by atoms with Gasteiger partial charge in [-0.1, -0.05) is 64.8 Å². The number of nitrogens with one attached hydrogen (secondary N) is 1. The third-order valence-electron chi connectivity index (χ3n) is 5.95. The van der Waals surface area contributed by atoms with Gasteiger partial charge in [0.2, 0.25) is 5.82 Å². The average molecular weight is 487 g/mol. The number of carbonyl (C=O) groups is 1. The lowest BCUT2D eigenvalue weighted by Crippen LogP contribution is -2.46. The molecule has 4 aromatic rings. The van der Waals surface area contributed by atoms with Gasteiger partial charge in [-0.25, -0.2) is 4.79 Å². The first-order valence-electron chi connectivity index (χ1n) is 11.1. The van der Waals surface area contributed by atoms with Gasteiger partial charge in [-0.3, -0.25) is 4.90 Å². The highest BCUT2D eigenvalue weighted by Crippen LogP contribution is 2.39. The highest BCUT2D eigenvalue weighted by molar-refractivity contribution is 6.31. The fourth-order valence-corrected chi connectivity index (χ4v) is 4.35. The lowest BCUT2D eigenvalue weighted by Gasteiger charge is -2.35. The normalized spacial score (nSPS) is 15.8. The summed E-state index contributed by atoms with van der Waals surface area (Å²) in [5.41, 5.74) is 4.80. The van der Waals surface area contributed by atoms with Gasteiger partial charge in [0.1, 0.15) is 5.75 Å². The molecule has 0 radical (unpaired) electrons. The van der Waals surface area contributed by atoms with Crippen molar-refractivity contribution in [3.8, 4) is 17.1 Å². The number of ether oxygens (including phenoxy) is 1. The van der Waals surface area contributed by atoms with Crippen molar-refractivity contribution in [1.82, 2.24) is 15.5 Å². The largest absolute Gasteiger partial charge is 0.497 e. The summed E-state index contributed by atoms with van der Waals surface area (Å²) >= 11 is 6.22. The number of rotatable bonds is 5. The number of nitrogens with zero attached hydrogens (tertiary/aromatic N) is 3. The molecular weight excluding hydrogens is 464 g/mol. The zero-order chi connectivity index (χ0) is 24.5. The van der Waals surface area contributed by atoms with Crippen LogP contribution in [-0.4, -0.2) is 23.3 Å². The number of aromatic nitrogens is 2. The first kappa shape index (κ1) is 22.7. The molecule has 2 amide bonds. The minimum absolute atomic E-state index is 0.272. The summed E-state index contributed by atoms with van der Waals surface area (Å²) in [6.45, 7) is 3.89. The molecule has 0 fully saturated rings. The van der Waals surface area contributed by atoms with Gasteiger partial charge in [-0.15, -0.1) is 0 Å². The van der Waals surface area contributed by atoms with Crippen molar-refractivity contribution in [1.29, 1.82) is 0 Å². The standard InChI is InChI=1S/C27H23ClN4O3/c1-16-10-12-18(13-11-16)24-23(17(2)32(27(33)29-24)21-8-5-7-20(28)15-21)26-30-25(31-35-26)19-6-4-9-22(14-19)34-3/h4-15,24H,1-3H3,(H,29,33). The Balaban J connectivity index is 1.65. The van der Waals surface area contributed by atoms with Crippen LogP contribution in [0.1, 0.15) is 30.0 Å². The lowest BCUT2D eigenvalue weighted by molar-refractivity contribution is 0.244. The third-order valence-corrected chi connectivity index (χ3v) is 6.18. The number of amides is 2. The molecule has 0 aliphatic carbocycles. The van der Waals surface area contributed by atoms with Crippen LogP contribution in [0.15, 0.2) is 83.0 Å². The van der Waals surface area contributed by atoms with E-state index in [-0.39, 0.29) is 6.03 Å². The van der Waals surface area contributed by atoms with Crippen LogP contribution in [0.3, 0.4) is 0 Å². The Bertz CT molecular complexity index is 1430. The van der Waals surface area contributed by atoms with Crippen molar-refractivity contribution in [2.45, 2.75) is 19.9 Å². The van der Waals surface area contributed by atoms with E-state index in [0.717, 1.165) is 16.7 Å². The van der Waals surface area contributed by atoms with E-state index in [0.29, 0.717) is 39.4 Å². The number of urea groups is 1. The fourth-order valence-electron chi connectivity index (χ4n) is 4.17. The number of halogens is 1. The van der Waals surface area contributed by atoms with Gasteiger partial charge >= 0.3 is 6.03 Å². The maximum Gasteiger partial charge on any atom is 0.326 e. The van der Waals surface area contributed by atoms with Crippen LogP contribution in [0.5, 0.6) is 5.75 Å². The van der Waals surface area contributed by atoms with Gasteiger partial charge in [0.25, 0.3) is 5.89 Å². The summed E-state index contributed by atoms with van der Waals surface area (Å²) < 4.78 is 11.1. The van der Waals surface area contributed by atoms with Gasteiger partial charge in [0, 0.05) is 16.3 Å². The van der Waals surface area contributed by atoms with Crippen LogP contribution in [0.2, 0.25) is 5.02 Å². The van der Waals surface area contributed by atoms with Crippen LogP contribution in [0, 0.1) is 6.92 Å². The number of methoxy groups -OCH3 is 1. The third kappa shape index (κ3) is 4.38. The van der Waals surface area contributed by atoms with Crippen molar-refractivity contribution in [2.24, 2.45) is 0 Å². The SMILES string of the molecule is COc1cccc(-c2noc(C3=C(C)N(c4cccc(Cl)c4)C(=O)NC3c3ccc(C)cc3)n2)c1. The molecule has 0 bridgehead atoms. The van der Waals surface area contributed by atoms with E-state index in [1.807, 2.05) is 68.4 Å². The Labute approximate surface area is 208 Å². The number of benzene rings is 3. The molecule has 1 aliphatic rings. The Morgan fingerprint density at radius 1 is 1.03 bits per heavy atom. The molecule has 1 aliphatic heterocycles. The molecule has 0 spiro atoms. The number of aryl methyl sites for hydroxylation is 1. The molecule has 8 heteroatoms. The molecule has 0 saturated heterocycles. The second-order valence-corrected chi connectivity index (χ2v) is 8.70. The van der Waals surface area contributed by atoms with E-state index < -0.39 is 6.04 Å². The molecule has 0 saturated carbocycles. The first-order valence-corrected chi connectivity index (χ1v) is 11.4. The zero-order valence-electron chi connectivity index (χ0n) is 19.4. The van der Waals surface area contributed by atoms with Crippen LogP contribution < -0.4 is 15.0 Å². The molecule has 176 valence electrons. The Morgan fingerprint density at radius 2 is 1.80 bits per heavy atom. The lowest BCUT2D eigenvalue weighted by atomic mass is 9.94. The Hall–Kier alpha value is -4.10. The molecule has 7 nitrogen and oxygen atoms in total. The average Bonchev–Trinajstić information content (AvgIpc) is 3.34. The molecule has 3 aromatic carbocycles. The number of allylic oxidation sites excluding steroid dienone is 1. The van der Waals surface area contributed by atoms with Crippen LogP contribution in [0.25, 0.3) is 17.0 Å². The topological polar surface area (TPSA) is 80.5 Å². The van der Waals surface area contributed by atoms with Gasteiger partial charge in [0.05, 0.1) is 24.4 Å². The quantitative estimate of drug-likeness (QED) is 0.352. The monoisotopic (exact) mass is 486 g/mol. The molecule has 1 N–H and O–H groups in total. The smallest absolute Gasteiger partial charge is 0.326 e. The molecule has 1 aromatic heterocycles. The molecular formula is C27H23ClN4O3. The highest BCUT2D eigenvalue weighted by Gasteiger charge is 2.36. The predicted molar refractivity (Wildman–Crippen MR) is 135 cm³/mol. The molecule has 5 rings (SSSR count). The summed E-state index contributed by atoms with van der Waals surface area (Å²) in [7, 11) is 1.61. The van der Waals surface area contributed by atoms with E-state index in [1.165, 1.54) is 0 Å². The van der Waals surface area contributed by atoms with Crippen molar-refractivity contribution in [2.75, 3.05) is 12.0 Å². The van der Waals surface area contributed by atoms with Crippen molar-refractivity contribution >= 4 is 28.9 Å². The summed E-state index contributed by atoms with van der Waals surface area (Å²) in [5.74, 6) is 1.44. The summed E-state index contributed by atoms with van der Waals surface area (Å²) in [5, 5.41) is 7.85. The van der Waals surface area contributed by atoms with Gasteiger partial charge < -0.3 is 14.6 Å². The number of anilines is 1. The molecule has 1 unspecified atom stereocenters. The molecule has 35 heavy (non-hydrogen) atoms. The summed E-state index contributed by atoms with van der Waals surface area (Å²) in [6, 6.07) is 21.8. The highest BCUT2D eigenvalue weighted by atomic mass is 35.5. The fraction of sp³-hybridized carbons (Fsp3) is 0.148. The Morgan fingerprint density at radius 3 is 2.54 bits per heavy atom. The first-order chi connectivity index (χ1) is 16.9. The van der Waals surface area contributed by atoms with E-state index in [9.17, 15) is 4.79 Å². The maximum absolute atomic E-state index is 13.3. The van der Waals surface area contributed by atoms with Gasteiger partial charge in [-0.2, -0.15) is 4.98 Å². The van der Waals surface area contributed by atoms with Crippen LogP contribution in [-0.2, 0) is 0 Å². The van der Waals surface area contributed by atoms with E-state index in [4.69, 9.17) is 25.8 Å². The summed E-state index contributed by atoms with van der Waals surface area (Å²) in [4.78, 5) is 19.6. The molecule has 2 heterocycles. The van der Waals surface area contributed by atoms with Crippen molar-refractivity contribution in [3.05, 3.63) is 101 Å². The Kier molecular flexibility index (Phi) is 6.01. The van der Waals surface area contributed by atoms with Gasteiger partial charge in [-0.05, 0) is 49.7 Å². The molecule has 1 atom stereocenters. The minimum Gasteiger partial charge on any atom is -0.497 e.